The van der Waals surface area contributed by atoms with Crippen LogP contribution in [0.2, 0.25) is 0 Å². The second-order valence-corrected chi connectivity index (χ2v) is 5.05. The van der Waals surface area contributed by atoms with Crippen LogP contribution in [0.3, 0.4) is 0 Å². The third-order valence-corrected chi connectivity index (χ3v) is 3.30. The van der Waals surface area contributed by atoms with Gasteiger partial charge in [0, 0.05) is 12.6 Å². The van der Waals surface area contributed by atoms with Gasteiger partial charge in [-0.3, -0.25) is 9.59 Å². The lowest BCUT2D eigenvalue weighted by atomic mass is 10.1. The topological polar surface area (TPSA) is 57.6 Å². The summed E-state index contributed by atoms with van der Waals surface area (Å²) >= 11 is 0. The Balaban J connectivity index is 2.23. The van der Waals surface area contributed by atoms with Crippen molar-refractivity contribution in [3.05, 3.63) is 35.4 Å². The minimum Gasteiger partial charge on any atom is -0.481 e. The van der Waals surface area contributed by atoms with Crippen LogP contribution in [0.4, 0.5) is 8.78 Å². The van der Waals surface area contributed by atoms with E-state index in [1.807, 2.05) is 0 Å². The van der Waals surface area contributed by atoms with Crippen LogP contribution in [0.5, 0.6) is 0 Å². The fourth-order valence-electron chi connectivity index (χ4n) is 1.97. The molecule has 20 heavy (non-hydrogen) atoms. The van der Waals surface area contributed by atoms with Crippen LogP contribution in [0.1, 0.15) is 30.1 Å². The Kier molecular flexibility index (Phi) is 4.01. The minimum absolute atomic E-state index is 0.00517. The summed E-state index contributed by atoms with van der Waals surface area (Å²) in [4.78, 5) is 24.5. The van der Waals surface area contributed by atoms with E-state index in [-0.39, 0.29) is 18.2 Å². The number of carboxylic acid groups (broad SMARTS) is 1. The van der Waals surface area contributed by atoms with Crippen molar-refractivity contribution < 1.29 is 23.5 Å². The van der Waals surface area contributed by atoms with E-state index >= 15 is 0 Å². The summed E-state index contributed by atoms with van der Waals surface area (Å²) in [5.41, 5.74) is -0.352. The summed E-state index contributed by atoms with van der Waals surface area (Å²) in [6, 6.07) is 2.60. The molecule has 1 aliphatic carbocycles. The molecule has 1 saturated carbocycles. The van der Waals surface area contributed by atoms with Crippen molar-refractivity contribution in [3.63, 3.8) is 0 Å². The lowest BCUT2D eigenvalue weighted by Crippen LogP contribution is -2.39. The fourth-order valence-corrected chi connectivity index (χ4v) is 1.97. The lowest BCUT2D eigenvalue weighted by molar-refractivity contribution is -0.141. The first-order valence-electron chi connectivity index (χ1n) is 6.39. The fraction of sp³-hybridized carbons (Fsp3) is 0.429. The van der Waals surface area contributed by atoms with E-state index in [4.69, 9.17) is 5.11 Å². The van der Waals surface area contributed by atoms with E-state index in [0.717, 1.165) is 31.0 Å². The molecule has 2 rings (SSSR count). The van der Waals surface area contributed by atoms with Crippen LogP contribution < -0.4 is 0 Å². The number of rotatable bonds is 5. The molecule has 1 unspecified atom stereocenters. The van der Waals surface area contributed by atoms with E-state index < -0.39 is 29.4 Å². The third-order valence-electron chi connectivity index (χ3n) is 3.30. The first-order valence-corrected chi connectivity index (χ1v) is 6.39. The lowest BCUT2D eigenvalue weighted by Gasteiger charge is -2.24. The monoisotopic (exact) mass is 283 g/mol. The number of benzene rings is 1. The summed E-state index contributed by atoms with van der Waals surface area (Å²) < 4.78 is 26.8. The third kappa shape index (κ3) is 3.12. The number of carboxylic acids is 1. The predicted molar refractivity (Wildman–Crippen MR) is 67.2 cm³/mol. The largest absolute Gasteiger partial charge is 0.481 e. The molecule has 1 atom stereocenters. The van der Waals surface area contributed by atoms with E-state index in [0.29, 0.717) is 0 Å². The highest BCUT2D eigenvalue weighted by Gasteiger charge is 2.35. The smallest absolute Gasteiger partial charge is 0.308 e. The van der Waals surface area contributed by atoms with Gasteiger partial charge in [-0.05, 0) is 31.0 Å². The van der Waals surface area contributed by atoms with Gasteiger partial charge in [-0.25, -0.2) is 8.78 Å². The highest BCUT2D eigenvalue weighted by atomic mass is 19.1. The van der Waals surface area contributed by atoms with Crippen molar-refractivity contribution in [2.45, 2.75) is 25.8 Å². The van der Waals surface area contributed by atoms with Crippen molar-refractivity contribution in [3.8, 4) is 0 Å². The van der Waals surface area contributed by atoms with Crippen molar-refractivity contribution in [1.29, 1.82) is 0 Å². The zero-order chi connectivity index (χ0) is 14.9. The van der Waals surface area contributed by atoms with E-state index in [9.17, 15) is 18.4 Å². The number of nitrogens with zero attached hydrogens (tertiary/aromatic N) is 1. The molecule has 0 aromatic heterocycles. The van der Waals surface area contributed by atoms with Crippen LogP contribution in [-0.2, 0) is 4.79 Å². The van der Waals surface area contributed by atoms with Gasteiger partial charge < -0.3 is 10.0 Å². The molecule has 1 aliphatic rings. The Bertz CT molecular complexity index is 543. The normalized spacial score (nSPS) is 15.8. The molecule has 1 aromatic carbocycles. The number of carbonyl (C=O) groups excluding carboxylic acids is 1. The molecule has 1 N–H and O–H groups in total. The zero-order valence-corrected chi connectivity index (χ0v) is 11.0. The standard InChI is InChI=1S/C14H15F2NO3/c1-8(14(19)20)7-17(10-3-4-10)13(18)11-6-9(15)2-5-12(11)16/h2,5-6,8,10H,3-4,7H2,1H3,(H,19,20). The maximum atomic E-state index is 13.6. The molecule has 0 heterocycles. The second kappa shape index (κ2) is 5.56. The SMILES string of the molecule is CC(CN(C(=O)c1cc(F)ccc1F)C1CC1)C(=O)O. The summed E-state index contributed by atoms with van der Waals surface area (Å²) in [5, 5.41) is 8.91. The molecule has 1 fully saturated rings. The summed E-state index contributed by atoms with van der Waals surface area (Å²) in [6.07, 6.45) is 1.52. The number of hydrogen-bond acceptors (Lipinski definition) is 2. The van der Waals surface area contributed by atoms with Gasteiger partial charge in [0.05, 0.1) is 11.5 Å². The first-order chi connectivity index (χ1) is 9.40. The molecule has 1 amide bonds. The van der Waals surface area contributed by atoms with Gasteiger partial charge >= 0.3 is 5.97 Å². The van der Waals surface area contributed by atoms with Crippen LogP contribution in [0.15, 0.2) is 18.2 Å². The Morgan fingerprint density at radius 2 is 2.05 bits per heavy atom. The molecular formula is C14H15F2NO3. The summed E-state index contributed by atoms with van der Waals surface area (Å²) in [6.45, 7) is 1.47. The molecule has 0 bridgehead atoms. The van der Waals surface area contributed by atoms with Crippen LogP contribution >= 0.6 is 0 Å². The number of carbonyl (C=O) groups is 2. The van der Waals surface area contributed by atoms with Gasteiger partial charge in [0.2, 0.25) is 0 Å². The number of aliphatic carboxylic acids is 1. The molecule has 6 heteroatoms. The van der Waals surface area contributed by atoms with Crippen molar-refractivity contribution >= 4 is 11.9 Å². The van der Waals surface area contributed by atoms with E-state index in [2.05, 4.69) is 0 Å². The van der Waals surface area contributed by atoms with Gasteiger partial charge in [-0.1, -0.05) is 6.92 Å². The molecule has 0 aliphatic heterocycles. The molecule has 0 saturated heterocycles. The van der Waals surface area contributed by atoms with Crippen molar-refractivity contribution in [1.82, 2.24) is 4.90 Å². The Morgan fingerprint density at radius 1 is 1.40 bits per heavy atom. The van der Waals surface area contributed by atoms with E-state index in [1.54, 1.807) is 0 Å². The van der Waals surface area contributed by atoms with Crippen LogP contribution in [-0.4, -0.2) is 34.5 Å². The molecule has 4 nitrogen and oxygen atoms in total. The number of halogens is 2. The average molecular weight is 283 g/mol. The van der Waals surface area contributed by atoms with Gasteiger partial charge in [-0.15, -0.1) is 0 Å². The number of hydrogen-bond donors (Lipinski definition) is 1. The Morgan fingerprint density at radius 3 is 2.60 bits per heavy atom. The van der Waals surface area contributed by atoms with Crippen LogP contribution in [0.25, 0.3) is 0 Å². The quantitative estimate of drug-likeness (QED) is 0.902. The Hall–Kier alpha value is -1.98. The van der Waals surface area contributed by atoms with Gasteiger partial charge in [0.15, 0.2) is 0 Å². The van der Waals surface area contributed by atoms with Gasteiger partial charge in [0.25, 0.3) is 5.91 Å². The highest BCUT2D eigenvalue weighted by Crippen LogP contribution is 2.29. The van der Waals surface area contributed by atoms with Crippen LogP contribution in [0, 0.1) is 17.6 Å². The van der Waals surface area contributed by atoms with Crippen molar-refractivity contribution in [2.24, 2.45) is 5.92 Å². The minimum atomic E-state index is -1.02. The predicted octanol–water partition coefficient (Wildman–Crippen LogP) is 2.29. The average Bonchev–Trinajstić information content (AvgIpc) is 3.22. The zero-order valence-electron chi connectivity index (χ0n) is 11.0. The second-order valence-electron chi connectivity index (χ2n) is 5.05. The molecule has 0 spiro atoms. The van der Waals surface area contributed by atoms with Gasteiger partial charge in [-0.2, -0.15) is 0 Å². The molecule has 1 aromatic rings. The van der Waals surface area contributed by atoms with Crippen molar-refractivity contribution in [2.75, 3.05) is 6.54 Å². The maximum Gasteiger partial charge on any atom is 0.308 e. The molecular weight excluding hydrogens is 268 g/mol. The first kappa shape index (κ1) is 14.4. The highest BCUT2D eigenvalue weighted by molar-refractivity contribution is 5.95. The molecule has 108 valence electrons. The maximum absolute atomic E-state index is 13.6. The molecule has 0 radical (unpaired) electrons. The Labute approximate surface area is 115 Å². The van der Waals surface area contributed by atoms with Gasteiger partial charge in [0.1, 0.15) is 11.6 Å². The summed E-state index contributed by atoms with van der Waals surface area (Å²) in [7, 11) is 0. The van der Waals surface area contributed by atoms with E-state index in [1.165, 1.54) is 11.8 Å². The summed E-state index contributed by atoms with van der Waals surface area (Å²) in [5.74, 6) is -3.93. The number of amides is 1.